The second-order valence-corrected chi connectivity index (χ2v) is 5.40. The van der Waals surface area contributed by atoms with Crippen molar-refractivity contribution >= 4 is 34.8 Å². The van der Waals surface area contributed by atoms with Gasteiger partial charge in [-0.1, -0.05) is 23.7 Å². The van der Waals surface area contributed by atoms with Gasteiger partial charge in [-0.3, -0.25) is 9.69 Å². The second-order valence-electron chi connectivity index (χ2n) is 4.58. The summed E-state index contributed by atoms with van der Waals surface area (Å²) in [5.41, 5.74) is 0.350. The smallest absolute Gasteiger partial charge is 0.254 e. The number of benzene rings is 1. The lowest BCUT2D eigenvalue weighted by molar-refractivity contribution is -0.130. The monoisotopic (exact) mass is 268 g/mol. The Hall–Kier alpha value is -1.13. The van der Waals surface area contributed by atoms with Crippen molar-refractivity contribution in [1.29, 1.82) is 0 Å². The average molecular weight is 269 g/mol. The van der Waals surface area contributed by atoms with Crippen LogP contribution in [0.4, 0.5) is 0 Å². The molecule has 2 rings (SSSR count). The van der Waals surface area contributed by atoms with Gasteiger partial charge in [-0.15, -0.1) is 0 Å². The molecule has 1 aromatic rings. The first-order chi connectivity index (χ1) is 7.90. The van der Waals surface area contributed by atoms with E-state index in [1.165, 1.54) is 0 Å². The van der Waals surface area contributed by atoms with E-state index in [1.807, 2.05) is 32.0 Å². The van der Waals surface area contributed by atoms with E-state index in [9.17, 15) is 4.79 Å². The van der Waals surface area contributed by atoms with Gasteiger partial charge in [-0.25, -0.2) is 0 Å². The van der Waals surface area contributed by atoms with Gasteiger partial charge in [0.1, 0.15) is 5.54 Å². The maximum atomic E-state index is 12.1. The Labute approximate surface area is 111 Å². The summed E-state index contributed by atoms with van der Waals surface area (Å²) >= 11 is 11.1. The molecule has 1 N–H and O–H groups in total. The molecule has 0 saturated carbocycles. The molecule has 1 aliphatic heterocycles. The van der Waals surface area contributed by atoms with E-state index >= 15 is 0 Å². The van der Waals surface area contributed by atoms with Crippen molar-refractivity contribution in [3.05, 3.63) is 34.9 Å². The van der Waals surface area contributed by atoms with Gasteiger partial charge in [-0.05, 0) is 43.8 Å². The third-order valence-corrected chi connectivity index (χ3v) is 3.23. The highest BCUT2D eigenvalue weighted by Gasteiger charge is 2.41. The molecule has 1 amide bonds. The van der Waals surface area contributed by atoms with E-state index in [2.05, 4.69) is 5.32 Å². The number of thiocarbonyl (C=S) groups is 1. The Kier molecular flexibility index (Phi) is 3.10. The van der Waals surface area contributed by atoms with Crippen LogP contribution in [-0.2, 0) is 11.3 Å². The Morgan fingerprint density at radius 3 is 2.71 bits per heavy atom. The molecule has 0 spiro atoms. The SMILES string of the molecule is CC1(C)NC(=S)N(Cc2cccc(Cl)c2)C1=O. The van der Waals surface area contributed by atoms with E-state index in [0.717, 1.165) is 5.56 Å². The molecular formula is C12H13ClN2OS. The molecule has 1 heterocycles. The van der Waals surface area contributed by atoms with Gasteiger partial charge < -0.3 is 5.32 Å². The molecule has 5 heteroatoms. The quantitative estimate of drug-likeness (QED) is 0.836. The number of hydrogen-bond donors (Lipinski definition) is 1. The van der Waals surface area contributed by atoms with Crippen LogP contribution in [0.5, 0.6) is 0 Å². The first-order valence-corrected chi connectivity index (χ1v) is 6.07. The van der Waals surface area contributed by atoms with Crippen molar-refractivity contribution in [2.75, 3.05) is 0 Å². The molecule has 1 fully saturated rings. The summed E-state index contributed by atoms with van der Waals surface area (Å²) in [4.78, 5) is 13.6. The summed E-state index contributed by atoms with van der Waals surface area (Å²) in [6.07, 6.45) is 0. The van der Waals surface area contributed by atoms with Crippen LogP contribution < -0.4 is 5.32 Å². The summed E-state index contributed by atoms with van der Waals surface area (Å²) < 4.78 is 0. The molecule has 0 bridgehead atoms. The zero-order valence-electron chi connectivity index (χ0n) is 9.66. The number of carbonyl (C=O) groups is 1. The average Bonchev–Trinajstić information content (AvgIpc) is 2.41. The summed E-state index contributed by atoms with van der Waals surface area (Å²) in [6.45, 7) is 4.09. The van der Waals surface area contributed by atoms with Gasteiger partial charge in [0.2, 0.25) is 0 Å². The molecular weight excluding hydrogens is 256 g/mol. The highest BCUT2D eigenvalue weighted by molar-refractivity contribution is 7.80. The number of halogens is 1. The lowest BCUT2D eigenvalue weighted by Gasteiger charge is -2.17. The van der Waals surface area contributed by atoms with Crippen LogP contribution in [-0.4, -0.2) is 21.5 Å². The molecule has 90 valence electrons. The summed E-state index contributed by atoms with van der Waals surface area (Å²) in [7, 11) is 0. The van der Waals surface area contributed by atoms with E-state index in [-0.39, 0.29) is 5.91 Å². The van der Waals surface area contributed by atoms with Gasteiger partial charge in [0.05, 0.1) is 6.54 Å². The number of amides is 1. The number of carbonyl (C=O) groups excluding carboxylic acids is 1. The molecule has 0 aliphatic carbocycles. The number of nitrogens with zero attached hydrogens (tertiary/aromatic N) is 1. The Bertz CT molecular complexity index is 487. The zero-order valence-corrected chi connectivity index (χ0v) is 11.2. The molecule has 1 aliphatic rings. The topological polar surface area (TPSA) is 32.3 Å². The second kappa shape index (κ2) is 4.27. The van der Waals surface area contributed by atoms with Crippen LogP contribution in [0.1, 0.15) is 19.4 Å². The van der Waals surface area contributed by atoms with Crippen molar-refractivity contribution < 1.29 is 4.79 Å². The summed E-state index contributed by atoms with van der Waals surface area (Å²) in [5.74, 6) is -0.0116. The van der Waals surface area contributed by atoms with E-state index in [4.69, 9.17) is 23.8 Å². The number of rotatable bonds is 2. The fourth-order valence-corrected chi connectivity index (χ4v) is 2.39. The predicted octanol–water partition coefficient (Wildman–Crippen LogP) is 2.34. The van der Waals surface area contributed by atoms with E-state index in [1.54, 1.807) is 11.0 Å². The lowest BCUT2D eigenvalue weighted by atomic mass is 10.1. The fraction of sp³-hybridized carbons (Fsp3) is 0.333. The predicted molar refractivity (Wildman–Crippen MR) is 71.8 cm³/mol. The maximum Gasteiger partial charge on any atom is 0.254 e. The van der Waals surface area contributed by atoms with Crippen molar-refractivity contribution in [3.63, 3.8) is 0 Å². The molecule has 17 heavy (non-hydrogen) atoms. The van der Waals surface area contributed by atoms with Crippen LogP contribution >= 0.6 is 23.8 Å². The lowest BCUT2D eigenvalue weighted by Crippen LogP contribution is -2.40. The first kappa shape index (κ1) is 12.3. The summed E-state index contributed by atoms with van der Waals surface area (Å²) in [6, 6.07) is 7.42. The fourth-order valence-electron chi connectivity index (χ4n) is 1.78. The molecule has 1 aromatic carbocycles. The normalized spacial score (nSPS) is 18.4. The highest BCUT2D eigenvalue weighted by Crippen LogP contribution is 2.20. The maximum absolute atomic E-state index is 12.1. The Morgan fingerprint density at radius 1 is 1.47 bits per heavy atom. The van der Waals surface area contributed by atoms with Gasteiger partial charge in [0.15, 0.2) is 5.11 Å². The summed E-state index contributed by atoms with van der Waals surface area (Å²) in [5, 5.41) is 4.13. The Balaban J connectivity index is 2.20. The number of nitrogens with one attached hydrogen (secondary N) is 1. The largest absolute Gasteiger partial charge is 0.348 e. The molecule has 0 aromatic heterocycles. The third-order valence-electron chi connectivity index (χ3n) is 2.67. The molecule has 0 unspecified atom stereocenters. The van der Waals surface area contributed by atoms with Crippen LogP contribution in [0.15, 0.2) is 24.3 Å². The van der Waals surface area contributed by atoms with Crippen molar-refractivity contribution in [1.82, 2.24) is 10.2 Å². The van der Waals surface area contributed by atoms with Crippen LogP contribution in [0.3, 0.4) is 0 Å². The van der Waals surface area contributed by atoms with Crippen molar-refractivity contribution in [3.8, 4) is 0 Å². The standard InChI is InChI=1S/C12H13ClN2OS/c1-12(2)10(16)15(11(17)14-12)7-8-4-3-5-9(13)6-8/h3-6H,7H2,1-2H3,(H,14,17). The molecule has 0 radical (unpaired) electrons. The van der Waals surface area contributed by atoms with Crippen LogP contribution in [0, 0.1) is 0 Å². The van der Waals surface area contributed by atoms with Gasteiger partial charge in [0.25, 0.3) is 5.91 Å². The molecule has 1 saturated heterocycles. The Morgan fingerprint density at radius 2 is 2.18 bits per heavy atom. The van der Waals surface area contributed by atoms with Crippen molar-refractivity contribution in [2.45, 2.75) is 25.9 Å². The van der Waals surface area contributed by atoms with E-state index < -0.39 is 5.54 Å². The van der Waals surface area contributed by atoms with Gasteiger partial charge >= 0.3 is 0 Å². The van der Waals surface area contributed by atoms with E-state index in [0.29, 0.717) is 16.7 Å². The minimum absolute atomic E-state index is 0.0116. The molecule has 0 atom stereocenters. The van der Waals surface area contributed by atoms with Gasteiger partial charge in [0, 0.05) is 5.02 Å². The third kappa shape index (κ3) is 2.42. The van der Waals surface area contributed by atoms with Gasteiger partial charge in [-0.2, -0.15) is 0 Å². The van der Waals surface area contributed by atoms with Crippen LogP contribution in [0.2, 0.25) is 5.02 Å². The highest BCUT2D eigenvalue weighted by atomic mass is 35.5. The zero-order chi connectivity index (χ0) is 12.6. The minimum atomic E-state index is -0.615. The first-order valence-electron chi connectivity index (χ1n) is 5.29. The van der Waals surface area contributed by atoms with Crippen LogP contribution in [0.25, 0.3) is 0 Å². The molecule has 3 nitrogen and oxygen atoms in total. The minimum Gasteiger partial charge on any atom is -0.348 e. The number of hydrogen-bond acceptors (Lipinski definition) is 2. The van der Waals surface area contributed by atoms with Crippen molar-refractivity contribution in [2.24, 2.45) is 0 Å².